The number of imide groups is 2. The number of aromatic nitrogens is 2. The van der Waals surface area contributed by atoms with Gasteiger partial charge >= 0.3 is 6.18 Å². The zero-order valence-corrected chi connectivity index (χ0v) is 29.5. The number of nitrogens with zero attached hydrogens (tertiary/aromatic N) is 4. The lowest BCUT2D eigenvalue weighted by atomic mass is 10.0. The molecule has 0 spiro atoms. The van der Waals surface area contributed by atoms with Crippen LogP contribution in [0, 0.1) is 0 Å². The van der Waals surface area contributed by atoms with Crippen molar-refractivity contribution in [1.29, 1.82) is 0 Å². The minimum atomic E-state index is -4.75. The van der Waals surface area contributed by atoms with E-state index in [1.54, 1.807) is 42.5 Å². The molecule has 0 saturated carbocycles. The minimum absolute atomic E-state index is 0.0568. The number of hydrogen-bond donors (Lipinski definition) is 5. The molecule has 14 nitrogen and oxygen atoms in total. The van der Waals surface area contributed by atoms with Gasteiger partial charge in [-0.2, -0.15) is 18.2 Å². The summed E-state index contributed by atoms with van der Waals surface area (Å²) in [5.41, 5.74) is 2.05. The maximum Gasteiger partial charge on any atom is 0.421 e. The van der Waals surface area contributed by atoms with Gasteiger partial charge in [0.15, 0.2) is 0 Å². The van der Waals surface area contributed by atoms with Gasteiger partial charge in [-0.1, -0.05) is 24.3 Å². The molecule has 284 valence electrons. The van der Waals surface area contributed by atoms with E-state index in [9.17, 15) is 37.1 Å². The third-order valence-corrected chi connectivity index (χ3v) is 9.83. The predicted octanol–water partition coefficient (Wildman–Crippen LogP) is 4.50. The number of benzene rings is 3. The monoisotopic (exact) mass is 755 g/mol. The minimum Gasteiger partial charge on any atom is -0.371 e. The van der Waals surface area contributed by atoms with E-state index in [1.165, 1.54) is 19.2 Å². The van der Waals surface area contributed by atoms with Crippen molar-refractivity contribution in [1.82, 2.24) is 30.8 Å². The van der Waals surface area contributed by atoms with Crippen LogP contribution in [0.3, 0.4) is 0 Å². The number of piperidine rings is 2. The Labute approximate surface area is 312 Å². The molecular formula is C38H36F3N9O5. The second-order valence-electron chi connectivity index (χ2n) is 13.3. The molecular weight excluding hydrogens is 719 g/mol. The van der Waals surface area contributed by atoms with Crippen molar-refractivity contribution >= 4 is 58.4 Å². The maximum atomic E-state index is 13.9. The van der Waals surface area contributed by atoms with Crippen molar-refractivity contribution in [3.05, 3.63) is 101 Å². The number of rotatable bonds is 10. The van der Waals surface area contributed by atoms with E-state index in [4.69, 9.17) is 0 Å². The predicted molar refractivity (Wildman–Crippen MR) is 195 cm³/mol. The van der Waals surface area contributed by atoms with Crippen LogP contribution < -0.4 is 31.5 Å². The highest BCUT2D eigenvalue weighted by molar-refractivity contribution is 6.23. The third kappa shape index (κ3) is 7.82. The lowest BCUT2D eigenvalue weighted by molar-refractivity contribution is -0.138. The average Bonchev–Trinajstić information content (AvgIpc) is 3.42. The van der Waals surface area contributed by atoms with Gasteiger partial charge in [-0.3, -0.25) is 34.2 Å². The molecule has 7 rings (SSSR count). The molecule has 2 fully saturated rings. The Hall–Kier alpha value is -6.36. The van der Waals surface area contributed by atoms with Crippen LogP contribution in [-0.2, 0) is 22.3 Å². The lowest BCUT2D eigenvalue weighted by Crippen LogP contribution is -2.54. The zero-order chi connectivity index (χ0) is 38.9. The fraction of sp³-hybridized carbons (Fsp3) is 0.289. The van der Waals surface area contributed by atoms with Gasteiger partial charge in [0.05, 0.1) is 22.4 Å². The van der Waals surface area contributed by atoms with E-state index in [0.29, 0.717) is 31.5 Å². The summed E-state index contributed by atoms with van der Waals surface area (Å²) >= 11 is 0. The molecule has 1 unspecified atom stereocenters. The number of amides is 5. The molecule has 0 aliphatic carbocycles. The van der Waals surface area contributed by atoms with Crippen molar-refractivity contribution in [2.24, 2.45) is 0 Å². The van der Waals surface area contributed by atoms with Gasteiger partial charge in [0, 0.05) is 56.7 Å². The Balaban J connectivity index is 0.933. The Morgan fingerprint density at radius 3 is 2.35 bits per heavy atom. The summed E-state index contributed by atoms with van der Waals surface area (Å²) in [6.45, 7) is 1.99. The highest BCUT2D eigenvalue weighted by Crippen LogP contribution is 2.36. The fourth-order valence-electron chi connectivity index (χ4n) is 6.89. The van der Waals surface area contributed by atoms with Gasteiger partial charge in [-0.05, 0) is 67.3 Å². The highest BCUT2D eigenvalue weighted by Gasteiger charge is 2.45. The smallest absolute Gasteiger partial charge is 0.371 e. The number of nitrogens with one attached hydrogen (secondary N) is 5. The SMILES string of the molecule is CNC(=O)c1ccccc1Nc1nc(Nc2ccc(CNC3CCN(c4ccc5c(c4)C(=O)N(C4CCC(=O)NC4=O)C5=O)CC3)cc2)ncc1C(F)(F)F. The number of hydrogen-bond acceptors (Lipinski definition) is 11. The molecule has 5 amide bonds. The second kappa shape index (κ2) is 15.2. The summed E-state index contributed by atoms with van der Waals surface area (Å²) in [5.74, 6) is -3.20. The van der Waals surface area contributed by atoms with Gasteiger partial charge in [0.2, 0.25) is 17.8 Å². The molecule has 5 N–H and O–H groups in total. The van der Waals surface area contributed by atoms with Crippen LogP contribution in [0.1, 0.15) is 67.9 Å². The number of anilines is 5. The van der Waals surface area contributed by atoms with Crippen molar-refractivity contribution in [3.8, 4) is 0 Å². The van der Waals surface area contributed by atoms with Crippen LogP contribution in [0.5, 0.6) is 0 Å². The van der Waals surface area contributed by atoms with Crippen LogP contribution >= 0.6 is 0 Å². The molecule has 3 aliphatic rings. The number of carbonyl (C=O) groups excluding carboxylic acids is 5. The normalized spacial score (nSPS) is 17.6. The zero-order valence-electron chi connectivity index (χ0n) is 29.5. The average molecular weight is 756 g/mol. The first-order valence-electron chi connectivity index (χ1n) is 17.6. The van der Waals surface area contributed by atoms with E-state index >= 15 is 0 Å². The van der Waals surface area contributed by atoms with Crippen LogP contribution in [0.15, 0.2) is 72.9 Å². The first-order valence-corrected chi connectivity index (χ1v) is 17.6. The molecule has 4 heterocycles. The van der Waals surface area contributed by atoms with E-state index in [-0.39, 0.29) is 47.2 Å². The van der Waals surface area contributed by atoms with Gasteiger partial charge < -0.3 is 26.2 Å². The van der Waals surface area contributed by atoms with E-state index in [2.05, 4.69) is 41.5 Å². The number of fused-ring (bicyclic) bond motifs is 1. The molecule has 55 heavy (non-hydrogen) atoms. The molecule has 0 bridgehead atoms. The summed E-state index contributed by atoms with van der Waals surface area (Å²) < 4.78 is 41.6. The Kier molecular flexibility index (Phi) is 10.2. The topological polar surface area (TPSA) is 178 Å². The largest absolute Gasteiger partial charge is 0.421 e. The summed E-state index contributed by atoms with van der Waals surface area (Å²) in [6.07, 6.45) is -2.27. The van der Waals surface area contributed by atoms with E-state index in [1.807, 2.05) is 12.1 Å². The van der Waals surface area contributed by atoms with Crippen LogP contribution in [0.2, 0.25) is 0 Å². The van der Waals surface area contributed by atoms with Crippen molar-refractivity contribution in [2.45, 2.75) is 50.5 Å². The van der Waals surface area contributed by atoms with Gasteiger partial charge in [0.1, 0.15) is 17.4 Å². The van der Waals surface area contributed by atoms with Gasteiger partial charge in [-0.15, -0.1) is 0 Å². The molecule has 2 saturated heterocycles. The van der Waals surface area contributed by atoms with Crippen LogP contribution in [0.4, 0.5) is 42.0 Å². The Morgan fingerprint density at radius 2 is 1.64 bits per heavy atom. The van der Waals surface area contributed by atoms with Crippen molar-refractivity contribution in [3.63, 3.8) is 0 Å². The number of alkyl halides is 3. The Morgan fingerprint density at radius 1 is 0.909 bits per heavy atom. The van der Waals surface area contributed by atoms with Crippen LogP contribution in [-0.4, -0.2) is 76.6 Å². The first-order chi connectivity index (χ1) is 26.4. The standard InChI is InChI=1S/C38H36F3N9O5/c1-42-33(52)26-4-2-3-5-29(26)46-32-28(38(39,40)41)20-44-37(48-32)45-23-8-6-21(7-9-23)19-43-22-14-16-49(17-15-22)24-10-11-25-27(18-24)36(55)50(35(25)54)30-12-13-31(51)47-34(30)53/h2-11,18,20,22,30,43H,12-17,19H2,1H3,(H,42,52)(H,47,51,53)(H2,44,45,46,48). The van der Waals surface area contributed by atoms with Crippen molar-refractivity contribution < 1.29 is 37.1 Å². The molecule has 1 aromatic heterocycles. The first kappa shape index (κ1) is 37.0. The summed E-state index contributed by atoms with van der Waals surface area (Å²) in [5, 5.41) is 13.8. The fourth-order valence-corrected chi connectivity index (χ4v) is 6.89. The molecule has 1 atom stereocenters. The summed E-state index contributed by atoms with van der Waals surface area (Å²) in [7, 11) is 1.43. The molecule has 0 radical (unpaired) electrons. The quantitative estimate of drug-likeness (QED) is 0.144. The van der Waals surface area contributed by atoms with E-state index in [0.717, 1.165) is 29.0 Å². The lowest BCUT2D eigenvalue weighted by Gasteiger charge is -2.34. The summed E-state index contributed by atoms with van der Waals surface area (Å²) in [6, 6.07) is 17.8. The van der Waals surface area contributed by atoms with Gasteiger partial charge in [0.25, 0.3) is 17.7 Å². The van der Waals surface area contributed by atoms with Gasteiger partial charge in [-0.25, -0.2) is 4.98 Å². The number of para-hydroxylation sites is 1. The summed E-state index contributed by atoms with van der Waals surface area (Å²) in [4.78, 5) is 73.7. The third-order valence-electron chi connectivity index (χ3n) is 9.83. The molecule has 4 aromatic rings. The number of halogens is 3. The van der Waals surface area contributed by atoms with Crippen molar-refractivity contribution in [2.75, 3.05) is 35.7 Å². The molecule has 3 aromatic carbocycles. The second-order valence-corrected chi connectivity index (χ2v) is 13.3. The maximum absolute atomic E-state index is 13.9. The van der Waals surface area contributed by atoms with E-state index < -0.39 is 53.1 Å². The Bertz CT molecular complexity index is 2170. The molecule has 3 aliphatic heterocycles. The molecule has 17 heteroatoms. The van der Waals surface area contributed by atoms with Crippen LogP contribution in [0.25, 0.3) is 0 Å². The number of carbonyl (C=O) groups is 5. The highest BCUT2D eigenvalue weighted by atomic mass is 19.4.